The van der Waals surface area contributed by atoms with Crippen molar-refractivity contribution in [2.75, 3.05) is 20.2 Å². The Labute approximate surface area is 169 Å². The Bertz CT molecular complexity index is 847. The average molecular weight is 402 g/mol. The zero-order valence-electron chi connectivity index (χ0n) is 17.1. The molecule has 3 rings (SSSR count). The molecule has 2 amide bonds. The van der Waals surface area contributed by atoms with Crippen LogP contribution in [0.15, 0.2) is 24.3 Å². The maximum absolute atomic E-state index is 12.7. The summed E-state index contributed by atoms with van der Waals surface area (Å²) in [6.45, 7) is 6.32. The SMILES string of the molecule is COC(=O)C=Cc1ccc2c(c1)C(=O)NC1(CCN(C(=O)OC(C)(C)C)CC1)O2. The van der Waals surface area contributed by atoms with E-state index in [0.29, 0.717) is 42.8 Å². The van der Waals surface area contributed by atoms with Crippen LogP contribution in [0, 0.1) is 0 Å². The van der Waals surface area contributed by atoms with Gasteiger partial charge in [-0.25, -0.2) is 9.59 Å². The van der Waals surface area contributed by atoms with Crippen molar-refractivity contribution in [3.8, 4) is 5.75 Å². The highest BCUT2D eigenvalue weighted by atomic mass is 16.6. The summed E-state index contributed by atoms with van der Waals surface area (Å²) < 4.78 is 16.1. The van der Waals surface area contributed by atoms with Crippen LogP contribution in [0.25, 0.3) is 6.08 Å². The van der Waals surface area contributed by atoms with E-state index >= 15 is 0 Å². The van der Waals surface area contributed by atoms with Gasteiger partial charge >= 0.3 is 12.1 Å². The quantitative estimate of drug-likeness (QED) is 0.604. The lowest BCUT2D eigenvalue weighted by molar-refractivity contribution is -0.134. The summed E-state index contributed by atoms with van der Waals surface area (Å²) in [6.07, 6.45) is 3.42. The molecule has 0 atom stereocenters. The molecule has 2 aliphatic heterocycles. The second-order valence-electron chi connectivity index (χ2n) is 8.13. The number of rotatable bonds is 2. The molecule has 1 fully saturated rings. The van der Waals surface area contributed by atoms with Gasteiger partial charge in [0.15, 0.2) is 5.72 Å². The van der Waals surface area contributed by atoms with E-state index in [4.69, 9.17) is 9.47 Å². The number of hydrogen-bond donors (Lipinski definition) is 1. The molecule has 0 aromatic heterocycles. The van der Waals surface area contributed by atoms with Crippen molar-refractivity contribution in [2.24, 2.45) is 0 Å². The van der Waals surface area contributed by atoms with Gasteiger partial charge in [0.25, 0.3) is 5.91 Å². The molecule has 1 saturated heterocycles. The zero-order chi connectivity index (χ0) is 21.2. The highest BCUT2D eigenvalue weighted by Crippen LogP contribution is 2.34. The lowest BCUT2D eigenvalue weighted by atomic mass is 9.96. The normalized spacial score (nSPS) is 18.1. The van der Waals surface area contributed by atoms with Crippen molar-refractivity contribution in [1.29, 1.82) is 0 Å². The van der Waals surface area contributed by atoms with Crippen LogP contribution in [0.5, 0.6) is 5.75 Å². The summed E-state index contributed by atoms with van der Waals surface area (Å²) in [5.41, 5.74) is -0.312. The number of esters is 1. The number of benzene rings is 1. The molecular weight excluding hydrogens is 376 g/mol. The van der Waals surface area contributed by atoms with E-state index in [1.807, 2.05) is 20.8 Å². The molecule has 8 heteroatoms. The standard InChI is InChI=1S/C21H26N2O6/c1-20(2,3)29-19(26)23-11-9-21(10-12-23)22-18(25)15-13-14(5-7-16(15)28-21)6-8-17(24)27-4/h5-8,13H,9-12H2,1-4H3,(H,22,25). The number of ether oxygens (including phenoxy) is 3. The lowest BCUT2D eigenvalue weighted by Crippen LogP contribution is -2.61. The van der Waals surface area contributed by atoms with Gasteiger partial charge in [0.1, 0.15) is 11.4 Å². The monoisotopic (exact) mass is 402 g/mol. The first-order valence-corrected chi connectivity index (χ1v) is 9.50. The predicted octanol–water partition coefficient (Wildman–Crippen LogP) is 2.72. The van der Waals surface area contributed by atoms with Crippen LogP contribution in [-0.2, 0) is 14.3 Å². The molecule has 1 N–H and O–H groups in total. The Balaban J connectivity index is 1.69. The Morgan fingerprint density at radius 1 is 1.24 bits per heavy atom. The van der Waals surface area contributed by atoms with Crippen molar-refractivity contribution in [3.63, 3.8) is 0 Å². The van der Waals surface area contributed by atoms with E-state index < -0.39 is 17.3 Å². The van der Waals surface area contributed by atoms with Crippen LogP contribution in [-0.4, -0.2) is 54.4 Å². The second-order valence-corrected chi connectivity index (χ2v) is 8.13. The number of fused-ring (bicyclic) bond motifs is 1. The molecule has 1 spiro atoms. The van der Waals surface area contributed by atoms with Crippen molar-refractivity contribution in [3.05, 3.63) is 35.4 Å². The van der Waals surface area contributed by atoms with Crippen LogP contribution in [0.2, 0.25) is 0 Å². The van der Waals surface area contributed by atoms with Gasteiger partial charge in [0.05, 0.1) is 12.7 Å². The second kappa shape index (κ2) is 7.77. The van der Waals surface area contributed by atoms with Gasteiger partial charge in [-0.05, 0) is 44.5 Å². The van der Waals surface area contributed by atoms with E-state index in [9.17, 15) is 14.4 Å². The third kappa shape index (κ3) is 4.88. The Morgan fingerprint density at radius 2 is 1.93 bits per heavy atom. The average Bonchev–Trinajstić information content (AvgIpc) is 2.65. The maximum atomic E-state index is 12.7. The van der Waals surface area contributed by atoms with E-state index in [-0.39, 0.29) is 12.0 Å². The van der Waals surface area contributed by atoms with Crippen LogP contribution in [0.4, 0.5) is 4.79 Å². The molecule has 0 unspecified atom stereocenters. The molecule has 2 aliphatic rings. The smallest absolute Gasteiger partial charge is 0.410 e. The van der Waals surface area contributed by atoms with Gasteiger partial charge in [-0.3, -0.25) is 4.79 Å². The summed E-state index contributed by atoms with van der Waals surface area (Å²) in [5.74, 6) is -0.237. The van der Waals surface area contributed by atoms with Crippen LogP contribution in [0.3, 0.4) is 0 Å². The van der Waals surface area contributed by atoms with Crippen LogP contribution < -0.4 is 10.1 Å². The molecule has 29 heavy (non-hydrogen) atoms. The minimum Gasteiger partial charge on any atom is -0.467 e. The number of carbonyl (C=O) groups excluding carboxylic acids is 3. The number of amides is 2. The van der Waals surface area contributed by atoms with Crippen LogP contribution in [0.1, 0.15) is 49.5 Å². The van der Waals surface area contributed by atoms with E-state index in [2.05, 4.69) is 10.1 Å². The first kappa shape index (κ1) is 20.7. The summed E-state index contributed by atoms with van der Waals surface area (Å²) in [6, 6.07) is 5.14. The van der Waals surface area contributed by atoms with E-state index in [0.717, 1.165) is 0 Å². The van der Waals surface area contributed by atoms with Crippen molar-refractivity contribution in [1.82, 2.24) is 10.2 Å². The third-order valence-corrected chi connectivity index (χ3v) is 4.73. The lowest BCUT2D eigenvalue weighted by Gasteiger charge is -2.44. The maximum Gasteiger partial charge on any atom is 0.410 e. The number of methoxy groups -OCH3 is 1. The molecule has 1 aromatic rings. The minimum atomic E-state index is -0.841. The van der Waals surface area contributed by atoms with E-state index in [1.165, 1.54) is 13.2 Å². The molecule has 156 valence electrons. The van der Waals surface area contributed by atoms with Crippen molar-refractivity contribution < 1.29 is 28.6 Å². The highest BCUT2D eigenvalue weighted by molar-refractivity contribution is 5.99. The molecule has 2 heterocycles. The Morgan fingerprint density at radius 3 is 2.55 bits per heavy atom. The van der Waals surface area contributed by atoms with Crippen molar-refractivity contribution in [2.45, 2.75) is 44.9 Å². The van der Waals surface area contributed by atoms with Gasteiger partial charge in [-0.1, -0.05) is 6.07 Å². The highest BCUT2D eigenvalue weighted by Gasteiger charge is 2.43. The fourth-order valence-corrected chi connectivity index (χ4v) is 3.26. The molecule has 0 bridgehead atoms. The van der Waals surface area contributed by atoms with Gasteiger partial charge in [-0.15, -0.1) is 0 Å². The summed E-state index contributed by atoms with van der Waals surface area (Å²) in [7, 11) is 1.30. The fraction of sp³-hybridized carbons (Fsp3) is 0.476. The fourth-order valence-electron chi connectivity index (χ4n) is 3.26. The number of nitrogens with zero attached hydrogens (tertiary/aromatic N) is 1. The largest absolute Gasteiger partial charge is 0.467 e. The summed E-state index contributed by atoms with van der Waals surface area (Å²) >= 11 is 0. The van der Waals surface area contributed by atoms with Crippen molar-refractivity contribution >= 4 is 24.0 Å². The predicted molar refractivity (Wildman–Crippen MR) is 105 cm³/mol. The number of carbonyl (C=O) groups is 3. The number of piperidine rings is 1. The van der Waals surface area contributed by atoms with E-state index in [1.54, 1.807) is 29.2 Å². The first-order chi connectivity index (χ1) is 13.6. The number of likely N-dealkylation sites (tertiary alicyclic amines) is 1. The Hall–Kier alpha value is -3.03. The number of nitrogens with one attached hydrogen (secondary N) is 1. The molecule has 8 nitrogen and oxygen atoms in total. The molecule has 0 aliphatic carbocycles. The van der Waals surface area contributed by atoms with Crippen LogP contribution >= 0.6 is 0 Å². The van der Waals surface area contributed by atoms with Gasteiger partial charge < -0.3 is 24.4 Å². The van der Waals surface area contributed by atoms with Gasteiger partial charge in [0, 0.05) is 32.0 Å². The minimum absolute atomic E-state index is 0.245. The molecule has 0 radical (unpaired) electrons. The number of hydrogen-bond acceptors (Lipinski definition) is 6. The summed E-state index contributed by atoms with van der Waals surface area (Å²) in [5, 5.41) is 2.94. The topological polar surface area (TPSA) is 94.2 Å². The third-order valence-electron chi connectivity index (χ3n) is 4.73. The Kier molecular flexibility index (Phi) is 5.55. The molecule has 0 saturated carbocycles. The first-order valence-electron chi connectivity index (χ1n) is 9.50. The summed E-state index contributed by atoms with van der Waals surface area (Å²) in [4.78, 5) is 37.8. The van der Waals surface area contributed by atoms with Gasteiger partial charge in [0.2, 0.25) is 0 Å². The molecular formula is C21H26N2O6. The zero-order valence-corrected chi connectivity index (χ0v) is 17.1. The van der Waals surface area contributed by atoms with Gasteiger partial charge in [-0.2, -0.15) is 0 Å². The molecule has 1 aromatic carbocycles.